The summed E-state index contributed by atoms with van der Waals surface area (Å²) in [5.41, 5.74) is 0. The van der Waals surface area contributed by atoms with Crippen molar-refractivity contribution in [3.8, 4) is 0 Å². The molecule has 1 N–H and O–H groups in total. The third-order valence-corrected chi connectivity index (χ3v) is 4.60. The maximum atomic E-state index is 12.7. The first-order valence-corrected chi connectivity index (χ1v) is 7.79. The van der Waals surface area contributed by atoms with Crippen LogP contribution in [0.15, 0.2) is 0 Å². The largest absolute Gasteiger partial charge is 0.383 e. The molecule has 1 saturated carbocycles. The van der Waals surface area contributed by atoms with Crippen LogP contribution in [0.2, 0.25) is 0 Å². The number of nitrogens with one attached hydrogen (secondary N) is 1. The van der Waals surface area contributed by atoms with Gasteiger partial charge in [0.05, 0.1) is 19.3 Å². The van der Waals surface area contributed by atoms with Gasteiger partial charge in [0, 0.05) is 33.4 Å². The van der Waals surface area contributed by atoms with Crippen LogP contribution in [0, 0.1) is 5.92 Å². The molecule has 124 valence electrons. The summed E-state index contributed by atoms with van der Waals surface area (Å²) in [7, 11) is 3.34. The van der Waals surface area contributed by atoms with Crippen LogP contribution < -0.4 is 5.32 Å². The minimum Gasteiger partial charge on any atom is -0.383 e. The molecule has 21 heavy (non-hydrogen) atoms. The first kappa shape index (κ1) is 18.7. The van der Waals surface area contributed by atoms with E-state index in [4.69, 9.17) is 9.47 Å². The highest BCUT2D eigenvalue weighted by Gasteiger charge is 2.39. The highest BCUT2D eigenvalue weighted by Crippen LogP contribution is 2.33. The third-order valence-electron chi connectivity index (χ3n) is 4.60. The Labute approximate surface area is 134 Å². The Morgan fingerprint density at radius 1 is 1.14 bits per heavy atom. The molecule has 1 saturated heterocycles. The molecule has 1 heterocycles. The van der Waals surface area contributed by atoms with Gasteiger partial charge in [0.2, 0.25) is 5.91 Å². The Balaban J connectivity index is 0.00000220. The molecule has 2 fully saturated rings. The molecule has 1 aliphatic carbocycles. The van der Waals surface area contributed by atoms with Crippen molar-refractivity contribution in [1.82, 2.24) is 10.2 Å². The zero-order valence-corrected chi connectivity index (χ0v) is 14.0. The second-order valence-electron chi connectivity index (χ2n) is 5.92. The van der Waals surface area contributed by atoms with E-state index in [0.717, 1.165) is 6.42 Å². The molecule has 2 aliphatic rings. The molecule has 0 bridgehead atoms. The molecule has 0 aromatic carbocycles. The number of methoxy groups -OCH3 is 2. The molecule has 0 spiro atoms. The predicted molar refractivity (Wildman–Crippen MR) is 84.9 cm³/mol. The number of nitrogens with zero attached hydrogens (tertiary/aromatic N) is 1. The summed E-state index contributed by atoms with van der Waals surface area (Å²) in [6, 6.07) is 0.557. The standard InChI is InChI=1S/C15H28N2O3.ClH/c1-19-9-7-17(8-10-20-2)15(18)14-11-12-5-3-4-6-13(12)16-14;/h12-14,16H,3-11H2,1-2H3;1H. The van der Waals surface area contributed by atoms with Gasteiger partial charge in [-0.25, -0.2) is 0 Å². The number of carbonyl (C=O) groups excluding carboxylic acids is 1. The number of rotatable bonds is 7. The first-order chi connectivity index (χ1) is 9.76. The number of halogens is 1. The summed E-state index contributed by atoms with van der Waals surface area (Å²) in [6.45, 7) is 2.45. The Hall–Kier alpha value is -0.360. The van der Waals surface area contributed by atoms with Crippen molar-refractivity contribution in [2.45, 2.75) is 44.2 Å². The average molecular weight is 321 g/mol. The topological polar surface area (TPSA) is 50.8 Å². The monoisotopic (exact) mass is 320 g/mol. The molecule has 0 aromatic rings. The minimum absolute atomic E-state index is 0. The zero-order chi connectivity index (χ0) is 14.4. The lowest BCUT2D eigenvalue weighted by atomic mass is 9.85. The molecule has 2 rings (SSSR count). The quantitative estimate of drug-likeness (QED) is 0.771. The first-order valence-electron chi connectivity index (χ1n) is 7.79. The molecule has 1 amide bonds. The highest BCUT2D eigenvalue weighted by molar-refractivity contribution is 5.85. The van der Waals surface area contributed by atoms with Crippen molar-refractivity contribution in [3.63, 3.8) is 0 Å². The number of ether oxygens (including phenoxy) is 2. The zero-order valence-electron chi connectivity index (χ0n) is 13.2. The van der Waals surface area contributed by atoms with E-state index < -0.39 is 0 Å². The summed E-state index contributed by atoms with van der Waals surface area (Å²) in [5, 5.41) is 3.55. The van der Waals surface area contributed by atoms with E-state index in [0.29, 0.717) is 38.3 Å². The fourth-order valence-electron chi connectivity index (χ4n) is 3.47. The van der Waals surface area contributed by atoms with Crippen molar-refractivity contribution in [2.75, 3.05) is 40.5 Å². The molecule has 0 radical (unpaired) electrons. The van der Waals surface area contributed by atoms with Crippen LogP contribution in [0.4, 0.5) is 0 Å². The van der Waals surface area contributed by atoms with Gasteiger partial charge in [-0.15, -0.1) is 12.4 Å². The average Bonchev–Trinajstić information content (AvgIpc) is 2.90. The Bertz CT molecular complexity index is 291. The molecule has 3 atom stereocenters. The van der Waals surface area contributed by atoms with Crippen LogP contribution in [-0.4, -0.2) is 63.4 Å². The second-order valence-corrected chi connectivity index (χ2v) is 5.92. The van der Waals surface area contributed by atoms with Gasteiger partial charge in [0.15, 0.2) is 0 Å². The molecule has 5 nitrogen and oxygen atoms in total. The Morgan fingerprint density at radius 2 is 1.76 bits per heavy atom. The fourth-order valence-corrected chi connectivity index (χ4v) is 3.47. The molecular formula is C15H29ClN2O3. The van der Waals surface area contributed by atoms with E-state index >= 15 is 0 Å². The lowest BCUT2D eigenvalue weighted by Crippen LogP contribution is -2.47. The smallest absolute Gasteiger partial charge is 0.239 e. The van der Waals surface area contributed by atoms with E-state index in [2.05, 4.69) is 5.32 Å². The summed E-state index contributed by atoms with van der Waals surface area (Å²) in [5.74, 6) is 0.915. The van der Waals surface area contributed by atoms with Gasteiger partial charge in [0.25, 0.3) is 0 Å². The molecule has 0 aromatic heterocycles. The summed E-state index contributed by atoms with van der Waals surface area (Å²) < 4.78 is 10.2. The van der Waals surface area contributed by atoms with E-state index in [1.807, 2.05) is 4.90 Å². The lowest BCUT2D eigenvalue weighted by molar-refractivity contribution is -0.134. The van der Waals surface area contributed by atoms with Crippen molar-refractivity contribution >= 4 is 18.3 Å². The summed E-state index contributed by atoms with van der Waals surface area (Å²) in [6.07, 6.45) is 6.12. The van der Waals surface area contributed by atoms with Gasteiger partial charge in [-0.3, -0.25) is 4.79 Å². The van der Waals surface area contributed by atoms with Gasteiger partial charge in [-0.2, -0.15) is 0 Å². The Morgan fingerprint density at radius 3 is 2.33 bits per heavy atom. The van der Waals surface area contributed by atoms with Crippen LogP contribution in [0.5, 0.6) is 0 Å². The minimum atomic E-state index is -0.00295. The third kappa shape index (κ3) is 5.09. The van der Waals surface area contributed by atoms with Gasteiger partial charge in [-0.1, -0.05) is 12.8 Å². The number of amides is 1. The van der Waals surface area contributed by atoms with Crippen LogP contribution >= 0.6 is 12.4 Å². The summed E-state index contributed by atoms with van der Waals surface area (Å²) >= 11 is 0. The van der Waals surface area contributed by atoms with E-state index in [1.165, 1.54) is 25.7 Å². The van der Waals surface area contributed by atoms with Crippen molar-refractivity contribution in [3.05, 3.63) is 0 Å². The van der Waals surface area contributed by atoms with Crippen LogP contribution in [-0.2, 0) is 14.3 Å². The van der Waals surface area contributed by atoms with Crippen molar-refractivity contribution in [2.24, 2.45) is 5.92 Å². The Kier molecular flexibility index (Phi) is 8.56. The number of hydrogen-bond acceptors (Lipinski definition) is 4. The van der Waals surface area contributed by atoms with Crippen LogP contribution in [0.25, 0.3) is 0 Å². The highest BCUT2D eigenvalue weighted by atomic mass is 35.5. The molecule has 3 unspecified atom stereocenters. The van der Waals surface area contributed by atoms with Gasteiger partial charge < -0.3 is 19.7 Å². The SMILES string of the molecule is COCCN(CCOC)C(=O)C1CC2CCCCC2N1.Cl. The molecule has 1 aliphatic heterocycles. The maximum absolute atomic E-state index is 12.7. The fraction of sp³-hybridized carbons (Fsp3) is 0.933. The van der Waals surface area contributed by atoms with Gasteiger partial charge in [0.1, 0.15) is 0 Å². The number of hydrogen-bond donors (Lipinski definition) is 1. The maximum Gasteiger partial charge on any atom is 0.239 e. The van der Waals surface area contributed by atoms with E-state index in [1.54, 1.807) is 14.2 Å². The van der Waals surface area contributed by atoms with Crippen LogP contribution in [0.1, 0.15) is 32.1 Å². The van der Waals surface area contributed by atoms with Crippen LogP contribution in [0.3, 0.4) is 0 Å². The lowest BCUT2D eigenvalue weighted by Gasteiger charge is -2.26. The number of carbonyl (C=O) groups is 1. The molecular weight excluding hydrogens is 292 g/mol. The second kappa shape index (κ2) is 9.62. The molecule has 6 heteroatoms. The van der Waals surface area contributed by atoms with Gasteiger partial charge >= 0.3 is 0 Å². The predicted octanol–water partition coefficient (Wildman–Crippen LogP) is 1.45. The summed E-state index contributed by atoms with van der Waals surface area (Å²) in [4.78, 5) is 14.5. The normalized spacial score (nSPS) is 27.8. The van der Waals surface area contributed by atoms with Crippen molar-refractivity contribution in [1.29, 1.82) is 0 Å². The van der Waals surface area contributed by atoms with Gasteiger partial charge in [-0.05, 0) is 25.2 Å². The van der Waals surface area contributed by atoms with E-state index in [-0.39, 0.29) is 24.4 Å². The number of fused-ring (bicyclic) bond motifs is 1. The van der Waals surface area contributed by atoms with Crippen molar-refractivity contribution < 1.29 is 14.3 Å². The van der Waals surface area contributed by atoms with E-state index in [9.17, 15) is 4.79 Å².